The lowest BCUT2D eigenvalue weighted by Crippen LogP contribution is -2.16. The molecule has 0 spiro atoms. The van der Waals surface area contributed by atoms with E-state index in [0.717, 1.165) is 6.07 Å². The number of nitrogens with zero attached hydrogens (tertiary/aromatic N) is 1. The molecule has 11 heteroatoms. The Morgan fingerprint density at radius 1 is 1.14 bits per heavy atom. The number of carbonyl (C=O) groups excluding carboxylic acids is 2. The molecule has 0 radical (unpaired) electrons. The van der Waals surface area contributed by atoms with Crippen molar-refractivity contribution in [1.29, 1.82) is 0 Å². The first kappa shape index (κ1) is 21.9. The molecule has 2 aromatic rings. The maximum absolute atomic E-state index is 12.6. The second kappa shape index (κ2) is 9.71. The largest absolute Gasteiger partial charge is 0.493 e. The van der Waals surface area contributed by atoms with E-state index in [1.165, 1.54) is 38.5 Å². The SMILES string of the molecule is COCCOc1cc([N+](=O)[O-])c(C(=O)Nc2ccc(C(N)=O)c(Cl)c2)cc1OC. The Morgan fingerprint density at radius 3 is 2.41 bits per heavy atom. The van der Waals surface area contributed by atoms with Crippen LogP contribution in [0.25, 0.3) is 0 Å². The van der Waals surface area contributed by atoms with Crippen LogP contribution >= 0.6 is 11.6 Å². The van der Waals surface area contributed by atoms with E-state index in [4.69, 9.17) is 31.5 Å². The fourth-order valence-corrected chi connectivity index (χ4v) is 2.65. The van der Waals surface area contributed by atoms with Gasteiger partial charge in [0.1, 0.15) is 12.2 Å². The summed E-state index contributed by atoms with van der Waals surface area (Å²) >= 11 is 5.96. The molecule has 10 nitrogen and oxygen atoms in total. The van der Waals surface area contributed by atoms with Crippen molar-refractivity contribution in [1.82, 2.24) is 0 Å². The zero-order chi connectivity index (χ0) is 21.6. The first-order valence-corrected chi connectivity index (χ1v) is 8.55. The number of benzene rings is 2. The van der Waals surface area contributed by atoms with Crippen molar-refractivity contribution >= 4 is 34.8 Å². The molecule has 0 saturated heterocycles. The topological polar surface area (TPSA) is 143 Å². The lowest BCUT2D eigenvalue weighted by molar-refractivity contribution is -0.385. The molecule has 2 amide bonds. The molecular weight excluding hydrogens is 406 g/mol. The standard InChI is InChI=1S/C18H18ClN3O7/c1-27-5-6-29-16-9-14(22(25)26)12(8-15(16)28-2)18(24)21-10-3-4-11(17(20)23)13(19)7-10/h3-4,7-9H,5-6H2,1-2H3,(H2,20,23)(H,21,24). The van der Waals surface area contributed by atoms with Crippen molar-refractivity contribution in [2.24, 2.45) is 5.73 Å². The van der Waals surface area contributed by atoms with Gasteiger partial charge in [0, 0.05) is 18.9 Å². The van der Waals surface area contributed by atoms with Crippen molar-refractivity contribution in [2.75, 3.05) is 32.8 Å². The Labute approximate surface area is 170 Å². The highest BCUT2D eigenvalue weighted by molar-refractivity contribution is 6.34. The number of anilines is 1. The van der Waals surface area contributed by atoms with E-state index in [1.54, 1.807) is 0 Å². The smallest absolute Gasteiger partial charge is 0.286 e. The Morgan fingerprint density at radius 2 is 1.86 bits per heavy atom. The number of amides is 2. The van der Waals surface area contributed by atoms with Crippen molar-refractivity contribution in [3.8, 4) is 11.5 Å². The number of nitro groups is 1. The van der Waals surface area contributed by atoms with E-state index >= 15 is 0 Å². The number of nitrogens with one attached hydrogen (secondary N) is 1. The van der Waals surface area contributed by atoms with Gasteiger partial charge in [-0.25, -0.2) is 0 Å². The molecule has 0 aromatic heterocycles. The van der Waals surface area contributed by atoms with E-state index in [-0.39, 0.29) is 46.5 Å². The van der Waals surface area contributed by atoms with Gasteiger partial charge < -0.3 is 25.3 Å². The Hall–Kier alpha value is -3.37. The number of carbonyl (C=O) groups is 2. The summed E-state index contributed by atoms with van der Waals surface area (Å²) < 4.78 is 15.5. The van der Waals surface area contributed by atoms with Crippen LogP contribution in [0.3, 0.4) is 0 Å². The molecule has 29 heavy (non-hydrogen) atoms. The third kappa shape index (κ3) is 5.33. The predicted octanol–water partition coefficient (Wildman–Crippen LogP) is 2.63. The van der Waals surface area contributed by atoms with Gasteiger partial charge in [0.05, 0.1) is 35.3 Å². The molecule has 0 heterocycles. The maximum atomic E-state index is 12.6. The third-order valence-corrected chi connectivity index (χ3v) is 4.07. The summed E-state index contributed by atoms with van der Waals surface area (Å²) in [7, 11) is 2.83. The van der Waals surface area contributed by atoms with E-state index in [9.17, 15) is 19.7 Å². The number of nitrogens with two attached hydrogens (primary N) is 1. The molecule has 0 saturated carbocycles. The molecule has 0 aliphatic carbocycles. The molecule has 0 aliphatic heterocycles. The van der Waals surface area contributed by atoms with Gasteiger partial charge in [-0.15, -0.1) is 0 Å². The number of primary amides is 1. The number of rotatable bonds is 9. The highest BCUT2D eigenvalue weighted by atomic mass is 35.5. The van der Waals surface area contributed by atoms with Crippen molar-refractivity contribution in [2.45, 2.75) is 0 Å². The quantitative estimate of drug-likeness (QED) is 0.358. The van der Waals surface area contributed by atoms with E-state index in [0.29, 0.717) is 0 Å². The van der Waals surface area contributed by atoms with Crippen LogP contribution in [0.5, 0.6) is 11.5 Å². The predicted molar refractivity (Wildman–Crippen MR) is 105 cm³/mol. The zero-order valence-corrected chi connectivity index (χ0v) is 16.3. The highest BCUT2D eigenvalue weighted by Crippen LogP contribution is 2.35. The first-order valence-electron chi connectivity index (χ1n) is 8.17. The van der Waals surface area contributed by atoms with Crippen LogP contribution in [0.4, 0.5) is 11.4 Å². The third-order valence-electron chi connectivity index (χ3n) is 3.76. The minimum Gasteiger partial charge on any atom is -0.493 e. The molecule has 154 valence electrons. The van der Waals surface area contributed by atoms with Crippen LogP contribution in [-0.4, -0.2) is 44.2 Å². The van der Waals surface area contributed by atoms with Crippen LogP contribution in [-0.2, 0) is 4.74 Å². The monoisotopic (exact) mass is 423 g/mol. The van der Waals surface area contributed by atoms with Crippen molar-refractivity contribution in [3.63, 3.8) is 0 Å². The number of hydrogen-bond acceptors (Lipinski definition) is 7. The lowest BCUT2D eigenvalue weighted by atomic mass is 10.1. The van der Waals surface area contributed by atoms with Gasteiger partial charge in [-0.1, -0.05) is 11.6 Å². The number of methoxy groups -OCH3 is 2. The maximum Gasteiger partial charge on any atom is 0.286 e. The first-order chi connectivity index (χ1) is 13.8. The molecular formula is C18H18ClN3O7. The average Bonchev–Trinajstić information content (AvgIpc) is 2.67. The lowest BCUT2D eigenvalue weighted by Gasteiger charge is -2.13. The van der Waals surface area contributed by atoms with Crippen LogP contribution in [0.15, 0.2) is 30.3 Å². The molecule has 2 aromatic carbocycles. The number of hydrogen-bond donors (Lipinski definition) is 2. The minimum atomic E-state index is -0.777. The normalized spacial score (nSPS) is 10.3. The molecule has 0 unspecified atom stereocenters. The summed E-state index contributed by atoms with van der Waals surface area (Å²) in [6.07, 6.45) is 0. The summed E-state index contributed by atoms with van der Waals surface area (Å²) in [5.41, 5.74) is 4.75. The summed E-state index contributed by atoms with van der Waals surface area (Å²) in [6.45, 7) is 0.404. The van der Waals surface area contributed by atoms with Crippen molar-refractivity contribution in [3.05, 3.63) is 56.6 Å². The molecule has 0 fully saturated rings. The fraction of sp³-hybridized carbons (Fsp3) is 0.222. The number of ether oxygens (including phenoxy) is 3. The molecule has 2 rings (SSSR count). The number of nitro benzene ring substituents is 1. The average molecular weight is 424 g/mol. The summed E-state index contributed by atoms with van der Waals surface area (Å²) in [4.78, 5) is 34.6. The zero-order valence-electron chi connectivity index (χ0n) is 15.6. The van der Waals surface area contributed by atoms with Crippen LogP contribution in [0.2, 0.25) is 5.02 Å². The van der Waals surface area contributed by atoms with Crippen molar-refractivity contribution < 1.29 is 28.7 Å². The van der Waals surface area contributed by atoms with E-state index in [2.05, 4.69) is 5.32 Å². The van der Waals surface area contributed by atoms with Gasteiger partial charge in [0.15, 0.2) is 11.5 Å². The second-order valence-corrected chi connectivity index (χ2v) is 6.04. The summed E-state index contributed by atoms with van der Waals surface area (Å²) in [5, 5.41) is 14.0. The Kier molecular flexibility index (Phi) is 7.34. The van der Waals surface area contributed by atoms with E-state index < -0.39 is 22.4 Å². The molecule has 0 bridgehead atoms. The Balaban J connectivity index is 2.36. The van der Waals surface area contributed by atoms with E-state index in [1.807, 2.05) is 0 Å². The second-order valence-electron chi connectivity index (χ2n) is 5.63. The fourth-order valence-electron chi connectivity index (χ4n) is 2.38. The Bertz CT molecular complexity index is 949. The van der Waals surface area contributed by atoms with Gasteiger partial charge in [0.2, 0.25) is 5.91 Å². The number of halogens is 1. The van der Waals surface area contributed by atoms with Gasteiger partial charge in [-0.2, -0.15) is 0 Å². The molecule has 0 aliphatic rings. The molecule has 0 atom stereocenters. The van der Waals surface area contributed by atoms with Gasteiger partial charge >= 0.3 is 0 Å². The van der Waals surface area contributed by atoms with Crippen LogP contribution in [0, 0.1) is 10.1 Å². The summed E-state index contributed by atoms with van der Waals surface area (Å²) in [5.74, 6) is -1.26. The van der Waals surface area contributed by atoms with Crippen LogP contribution in [0.1, 0.15) is 20.7 Å². The molecule has 3 N–H and O–H groups in total. The van der Waals surface area contributed by atoms with Gasteiger partial charge in [-0.05, 0) is 18.2 Å². The highest BCUT2D eigenvalue weighted by Gasteiger charge is 2.25. The van der Waals surface area contributed by atoms with Gasteiger partial charge in [-0.3, -0.25) is 19.7 Å². The summed E-state index contributed by atoms with van der Waals surface area (Å²) in [6, 6.07) is 6.35. The van der Waals surface area contributed by atoms with Crippen LogP contribution < -0.4 is 20.5 Å². The van der Waals surface area contributed by atoms with Gasteiger partial charge in [0.25, 0.3) is 11.6 Å². The minimum absolute atomic E-state index is 0.0317.